The molecule has 3 rings (SSSR count). The summed E-state index contributed by atoms with van der Waals surface area (Å²) in [5.74, 6) is -0.553. The first-order valence-electron chi connectivity index (χ1n) is 9.79. The number of ether oxygens (including phenoxy) is 3. The van der Waals surface area contributed by atoms with Crippen molar-refractivity contribution in [2.75, 3.05) is 6.61 Å². The highest BCUT2D eigenvalue weighted by molar-refractivity contribution is 9.10. The molecule has 0 aromatic heterocycles. The largest absolute Gasteiger partial charge is 0.459 e. The van der Waals surface area contributed by atoms with Gasteiger partial charge in [-0.15, -0.1) is 0 Å². The van der Waals surface area contributed by atoms with Crippen molar-refractivity contribution in [1.29, 1.82) is 0 Å². The predicted octanol–water partition coefficient (Wildman–Crippen LogP) is 4.92. The van der Waals surface area contributed by atoms with Crippen LogP contribution in [0.5, 0.6) is 0 Å². The number of alkyl carbamates (subject to hydrolysis) is 1. The fourth-order valence-corrected chi connectivity index (χ4v) is 3.62. The summed E-state index contributed by atoms with van der Waals surface area (Å²) in [4.78, 5) is 25.9. The number of halogens is 1. The van der Waals surface area contributed by atoms with Gasteiger partial charge in [-0.1, -0.05) is 58.4 Å². The van der Waals surface area contributed by atoms with E-state index in [2.05, 4.69) is 21.2 Å². The van der Waals surface area contributed by atoms with Gasteiger partial charge in [-0.05, 0) is 44.0 Å². The molecule has 30 heavy (non-hydrogen) atoms. The van der Waals surface area contributed by atoms with Crippen LogP contribution in [0.2, 0.25) is 0 Å². The molecule has 0 saturated carbocycles. The Labute approximate surface area is 185 Å². The summed E-state index contributed by atoms with van der Waals surface area (Å²) in [7, 11) is 0. The Hall–Kier alpha value is -2.38. The lowest BCUT2D eigenvalue weighted by molar-refractivity contribution is -0.156. The van der Waals surface area contributed by atoms with E-state index in [1.165, 1.54) is 0 Å². The number of esters is 1. The molecule has 1 N–H and O–H groups in total. The smallest absolute Gasteiger partial charge is 0.408 e. The number of amides is 1. The first-order valence-corrected chi connectivity index (χ1v) is 10.6. The number of hydrogen-bond acceptors (Lipinski definition) is 5. The van der Waals surface area contributed by atoms with Crippen LogP contribution in [0.15, 0.2) is 59.1 Å². The molecule has 0 spiro atoms. The van der Waals surface area contributed by atoms with Crippen molar-refractivity contribution >= 4 is 28.0 Å². The molecule has 2 aromatic carbocycles. The Morgan fingerprint density at radius 2 is 1.80 bits per heavy atom. The molecule has 160 valence electrons. The minimum Gasteiger partial charge on any atom is -0.459 e. The lowest BCUT2D eigenvalue weighted by atomic mass is 9.86. The Kier molecular flexibility index (Phi) is 6.83. The van der Waals surface area contributed by atoms with Crippen LogP contribution in [0, 0.1) is 0 Å². The zero-order chi connectivity index (χ0) is 21.8. The van der Waals surface area contributed by atoms with Gasteiger partial charge in [0, 0.05) is 10.9 Å². The highest BCUT2D eigenvalue weighted by Gasteiger charge is 2.54. The number of nitrogens with one attached hydrogen (secondary N) is 1. The Morgan fingerprint density at radius 3 is 2.43 bits per heavy atom. The zero-order valence-corrected chi connectivity index (χ0v) is 18.9. The van der Waals surface area contributed by atoms with E-state index in [4.69, 9.17) is 14.2 Å². The van der Waals surface area contributed by atoms with Crippen molar-refractivity contribution in [3.63, 3.8) is 0 Å². The maximum atomic E-state index is 13.3. The quantitative estimate of drug-likeness (QED) is 0.621. The molecule has 0 aliphatic carbocycles. The summed E-state index contributed by atoms with van der Waals surface area (Å²) in [5.41, 5.74) is -0.461. The normalized spacial score (nSPS) is 21.1. The van der Waals surface area contributed by atoms with E-state index in [-0.39, 0.29) is 13.0 Å². The van der Waals surface area contributed by atoms with Crippen molar-refractivity contribution < 1.29 is 23.8 Å². The third-order valence-corrected chi connectivity index (χ3v) is 5.23. The molecule has 2 aromatic rings. The van der Waals surface area contributed by atoms with Crippen LogP contribution < -0.4 is 5.32 Å². The van der Waals surface area contributed by atoms with Crippen molar-refractivity contribution in [3.8, 4) is 0 Å². The second-order valence-electron chi connectivity index (χ2n) is 8.21. The van der Waals surface area contributed by atoms with E-state index in [0.717, 1.165) is 15.6 Å². The van der Waals surface area contributed by atoms with E-state index in [9.17, 15) is 9.59 Å². The predicted molar refractivity (Wildman–Crippen MR) is 116 cm³/mol. The summed E-state index contributed by atoms with van der Waals surface area (Å²) >= 11 is 3.41. The average Bonchev–Trinajstić information content (AvgIpc) is 3.10. The van der Waals surface area contributed by atoms with Crippen molar-refractivity contribution in [2.24, 2.45) is 0 Å². The average molecular weight is 476 g/mol. The molecule has 1 heterocycles. The van der Waals surface area contributed by atoms with Crippen molar-refractivity contribution in [1.82, 2.24) is 5.32 Å². The van der Waals surface area contributed by atoms with Gasteiger partial charge in [0.05, 0.1) is 6.61 Å². The molecule has 1 aliphatic rings. The van der Waals surface area contributed by atoms with Crippen LogP contribution >= 0.6 is 15.9 Å². The molecule has 6 nitrogen and oxygen atoms in total. The van der Waals surface area contributed by atoms with E-state index in [0.29, 0.717) is 6.61 Å². The van der Waals surface area contributed by atoms with E-state index >= 15 is 0 Å². The standard InChI is InChI=1S/C23H26BrNO5/c1-22(2,3)30-21(27)25-23(20(26)29-15-16-7-5-4-6-8-16)13-14-28-19(23)17-9-11-18(24)12-10-17/h4-12,19H,13-15H2,1-3H3,(H,25,27)/t19-,23+/m1/s1. The monoisotopic (exact) mass is 475 g/mol. The van der Waals surface area contributed by atoms with Crippen LogP contribution in [-0.2, 0) is 25.6 Å². The van der Waals surface area contributed by atoms with Crippen molar-refractivity contribution in [3.05, 3.63) is 70.2 Å². The van der Waals surface area contributed by atoms with Crippen LogP contribution in [0.4, 0.5) is 4.79 Å². The minimum atomic E-state index is -1.38. The number of rotatable bonds is 5. The fraction of sp³-hybridized carbons (Fsp3) is 0.391. The number of hydrogen-bond donors (Lipinski definition) is 1. The Morgan fingerprint density at radius 1 is 1.13 bits per heavy atom. The second-order valence-corrected chi connectivity index (χ2v) is 9.13. The van der Waals surface area contributed by atoms with Crippen molar-refractivity contribution in [2.45, 2.75) is 51.0 Å². The molecule has 1 saturated heterocycles. The molecule has 1 amide bonds. The number of carbonyl (C=O) groups is 2. The molecule has 1 fully saturated rings. The summed E-state index contributed by atoms with van der Waals surface area (Å²) in [6.45, 7) is 5.71. The van der Waals surface area contributed by atoms with Crippen LogP contribution in [0.25, 0.3) is 0 Å². The molecular weight excluding hydrogens is 450 g/mol. The summed E-state index contributed by atoms with van der Waals surface area (Å²) in [6.07, 6.45) is -1.10. The maximum absolute atomic E-state index is 13.3. The van der Waals surface area contributed by atoms with Crippen LogP contribution in [0.3, 0.4) is 0 Å². The zero-order valence-electron chi connectivity index (χ0n) is 17.3. The highest BCUT2D eigenvalue weighted by Crippen LogP contribution is 2.40. The van der Waals surface area contributed by atoms with E-state index < -0.39 is 29.3 Å². The lowest BCUT2D eigenvalue weighted by Crippen LogP contribution is -2.57. The first kappa shape index (κ1) is 22.3. The van der Waals surface area contributed by atoms with Gasteiger partial charge in [0.1, 0.15) is 18.3 Å². The topological polar surface area (TPSA) is 73.9 Å². The first-order chi connectivity index (χ1) is 14.2. The van der Waals surface area contributed by atoms with Gasteiger partial charge in [-0.25, -0.2) is 9.59 Å². The number of benzene rings is 2. The summed E-state index contributed by atoms with van der Waals surface area (Å²) in [6, 6.07) is 16.8. The van der Waals surface area contributed by atoms with Gasteiger partial charge < -0.3 is 19.5 Å². The third kappa shape index (κ3) is 5.40. The van der Waals surface area contributed by atoms with Gasteiger partial charge in [0.2, 0.25) is 0 Å². The van der Waals surface area contributed by atoms with Crippen LogP contribution in [-0.4, -0.2) is 29.8 Å². The Balaban J connectivity index is 1.88. The van der Waals surface area contributed by atoms with Gasteiger partial charge in [0.25, 0.3) is 0 Å². The molecule has 7 heteroatoms. The minimum absolute atomic E-state index is 0.102. The highest BCUT2D eigenvalue weighted by atomic mass is 79.9. The SMILES string of the molecule is CC(C)(C)OC(=O)N[C@@]1(C(=O)OCc2ccccc2)CCO[C@@H]1c1ccc(Br)cc1. The van der Waals surface area contributed by atoms with Gasteiger partial charge in [-0.3, -0.25) is 0 Å². The Bertz CT molecular complexity index is 879. The lowest BCUT2D eigenvalue weighted by Gasteiger charge is -2.33. The molecule has 0 unspecified atom stereocenters. The van der Waals surface area contributed by atoms with Crippen LogP contribution in [0.1, 0.15) is 44.4 Å². The number of carbonyl (C=O) groups excluding carboxylic acids is 2. The molecule has 0 radical (unpaired) electrons. The van der Waals surface area contributed by atoms with Gasteiger partial charge in [0.15, 0.2) is 5.54 Å². The third-order valence-electron chi connectivity index (χ3n) is 4.70. The van der Waals surface area contributed by atoms with E-state index in [1.807, 2.05) is 54.6 Å². The fourth-order valence-electron chi connectivity index (χ4n) is 3.36. The molecule has 2 atom stereocenters. The second kappa shape index (κ2) is 9.18. The van der Waals surface area contributed by atoms with Gasteiger partial charge in [-0.2, -0.15) is 0 Å². The molecular formula is C23H26BrNO5. The van der Waals surface area contributed by atoms with Gasteiger partial charge >= 0.3 is 12.1 Å². The summed E-state index contributed by atoms with van der Waals surface area (Å²) in [5, 5.41) is 2.78. The van der Waals surface area contributed by atoms with E-state index in [1.54, 1.807) is 20.8 Å². The maximum Gasteiger partial charge on any atom is 0.408 e. The molecule has 0 bridgehead atoms. The summed E-state index contributed by atoms with van der Waals surface area (Å²) < 4.78 is 17.9. The molecule has 1 aliphatic heterocycles.